The number of amides is 1. The van der Waals surface area contributed by atoms with E-state index in [-0.39, 0.29) is 12.6 Å². The first kappa shape index (κ1) is 20.2. The molecule has 0 aromatic heterocycles. The molecule has 1 aliphatic heterocycles. The molecule has 1 aromatic carbocycles. The minimum Gasteiger partial charge on any atom is -0.465 e. The maximum atomic E-state index is 12.7. The molecule has 0 spiro atoms. The maximum absolute atomic E-state index is 12.7. The van der Waals surface area contributed by atoms with Gasteiger partial charge in [-0.3, -0.25) is 4.79 Å². The normalized spacial score (nSPS) is 16.3. The van der Waals surface area contributed by atoms with Crippen LogP contribution in [-0.2, 0) is 16.1 Å². The topological polar surface area (TPSA) is 49.9 Å². The minimum atomic E-state index is -4.53. The third-order valence-electron chi connectivity index (χ3n) is 4.53. The van der Waals surface area contributed by atoms with Crippen molar-refractivity contribution >= 4 is 11.9 Å². The van der Waals surface area contributed by atoms with E-state index in [0.29, 0.717) is 24.0 Å². The zero-order valence-corrected chi connectivity index (χ0v) is 14.9. The van der Waals surface area contributed by atoms with Gasteiger partial charge in [-0.05, 0) is 50.7 Å². The second kappa shape index (κ2) is 8.53. The van der Waals surface area contributed by atoms with Crippen molar-refractivity contribution < 1.29 is 27.5 Å². The highest BCUT2D eigenvalue weighted by molar-refractivity contribution is 5.89. The number of carbonyl (C=O) groups is 2. The van der Waals surface area contributed by atoms with E-state index in [1.54, 1.807) is 24.3 Å². The Morgan fingerprint density at radius 3 is 2.27 bits per heavy atom. The molecular weight excluding hydrogens is 349 g/mol. The maximum Gasteiger partial charge on any atom is 0.397 e. The molecule has 1 aromatic rings. The van der Waals surface area contributed by atoms with E-state index in [1.807, 2.05) is 7.05 Å². The van der Waals surface area contributed by atoms with Crippen molar-refractivity contribution in [3.63, 3.8) is 0 Å². The van der Waals surface area contributed by atoms with Gasteiger partial charge in [-0.25, -0.2) is 4.79 Å². The van der Waals surface area contributed by atoms with Gasteiger partial charge in [0, 0.05) is 12.6 Å². The number of methoxy groups -OCH3 is 1. The summed E-state index contributed by atoms with van der Waals surface area (Å²) in [6, 6.07) is 6.13. The summed E-state index contributed by atoms with van der Waals surface area (Å²) in [5, 5.41) is 0. The summed E-state index contributed by atoms with van der Waals surface area (Å²) in [5.41, 5.74) is 1.02. The van der Waals surface area contributed by atoms with Gasteiger partial charge in [-0.1, -0.05) is 12.1 Å². The summed E-state index contributed by atoms with van der Waals surface area (Å²) in [5.74, 6) is -1.40. The van der Waals surface area contributed by atoms with Crippen molar-refractivity contribution in [2.24, 2.45) is 0 Å². The van der Waals surface area contributed by atoms with Crippen molar-refractivity contribution in [3.8, 4) is 0 Å². The lowest BCUT2D eigenvalue weighted by molar-refractivity contribution is -0.164. The Morgan fingerprint density at radius 2 is 1.77 bits per heavy atom. The predicted molar refractivity (Wildman–Crippen MR) is 89.5 cm³/mol. The standard InChI is InChI=1S/C18H23F3N2O3/c1-22-9-7-15(8-10-22)23(16(24)11-18(19,20)21)12-13-3-5-14(6-4-13)17(25)26-2/h3-6,15H,7-12H2,1-2H3. The van der Waals surface area contributed by atoms with Gasteiger partial charge in [0.15, 0.2) is 0 Å². The Balaban J connectivity index is 2.15. The van der Waals surface area contributed by atoms with E-state index in [9.17, 15) is 22.8 Å². The van der Waals surface area contributed by atoms with Crippen LogP contribution in [0.5, 0.6) is 0 Å². The van der Waals surface area contributed by atoms with Crippen LogP contribution >= 0.6 is 0 Å². The largest absolute Gasteiger partial charge is 0.465 e. The average Bonchev–Trinajstić information content (AvgIpc) is 2.59. The lowest BCUT2D eigenvalue weighted by Crippen LogP contribution is -2.47. The van der Waals surface area contributed by atoms with Crippen molar-refractivity contribution in [2.45, 2.75) is 38.0 Å². The molecular formula is C18H23F3N2O3. The smallest absolute Gasteiger partial charge is 0.397 e. The Kier molecular flexibility index (Phi) is 6.63. The van der Waals surface area contributed by atoms with Gasteiger partial charge >= 0.3 is 12.1 Å². The number of halogens is 3. The molecule has 2 rings (SSSR count). The van der Waals surface area contributed by atoms with Crippen LogP contribution in [0, 0.1) is 0 Å². The monoisotopic (exact) mass is 372 g/mol. The first-order valence-corrected chi connectivity index (χ1v) is 8.41. The second-order valence-corrected chi connectivity index (χ2v) is 6.54. The first-order valence-electron chi connectivity index (χ1n) is 8.41. The highest BCUT2D eigenvalue weighted by Crippen LogP contribution is 2.25. The number of alkyl halides is 3. The number of hydrogen-bond acceptors (Lipinski definition) is 4. The molecule has 0 N–H and O–H groups in total. The number of likely N-dealkylation sites (tertiary alicyclic amines) is 1. The number of ether oxygens (including phenoxy) is 1. The van der Waals surface area contributed by atoms with Gasteiger partial charge in [0.1, 0.15) is 6.42 Å². The Hall–Kier alpha value is -2.09. The minimum absolute atomic E-state index is 0.0880. The fourth-order valence-corrected chi connectivity index (χ4v) is 3.06. The molecule has 0 radical (unpaired) electrons. The number of carbonyl (C=O) groups excluding carboxylic acids is 2. The van der Waals surface area contributed by atoms with Crippen LogP contribution in [0.2, 0.25) is 0 Å². The Bertz CT molecular complexity index is 624. The molecule has 0 saturated carbocycles. The second-order valence-electron chi connectivity index (χ2n) is 6.54. The molecule has 1 fully saturated rings. The zero-order chi connectivity index (χ0) is 19.3. The van der Waals surface area contributed by atoms with Crippen LogP contribution in [0.15, 0.2) is 24.3 Å². The molecule has 144 valence electrons. The molecule has 5 nitrogen and oxygen atoms in total. The molecule has 0 unspecified atom stereocenters. The molecule has 1 heterocycles. The number of hydrogen-bond donors (Lipinski definition) is 0. The van der Waals surface area contributed by atoms with Gasteiger partial charge in [-0.2, -0.15) is 13.2 Å². The van der Waals surface area contributed by atoms with Crippen LogP contribution in [0.4, 0.5) is 13.2 Å². The van der Waals surface area contributed by atoms with E-state index >= 15 is 0 Å². The van der Waals surface area contributed by atoms with E-state index < -0.39 is 24.5 Å². The fraction of sp³-hybridized carbons (Fsp3) is 0.556. The summed E-state index contributed by atoms with van der Waals surface area (Å²) in [6.07, 6.45) is -4.71. The van der Waals surface area contributed by atoms with Crippen LogP contribution in [0.1, 0.15) is 35.2 Å². The number of nitrogens with zero attached hydrogens (tertiary/aromatic N) is 2. The number of esters is 1. The SMILES string of the molecule is COC(=O)c1ccc(CN(C(=O)CC(F)(F)F)C2CCN(C)CC2)cc1. The Morgan fingerprint density at radius 1 is 1.19 bits per heavy atom. The van der Waals surface area contributed by atoms with Crippen LogP contribution in [-0.4, -0.2) is 61.1 Å². The van der Waals surface area contributed by atoms with E-state index in [2.05, 4.69) is 9.64 Å². The van der Waals surface area contributed by atoms with Gasteiger partial charge < -0.3 is 14.5 Å². The quantitative estimate of drug-likeness (QED) is 0.746. The van der Waals surface area contributed by atoms with E-state index in [1.165, 1.54) is 12.0 Å². The number of benzene rings is 1. The molecule has 1 saturated heterocycles. The molecule has 1 aliphatic rings. The van der Waals surface area contributed by atoms with E-state index in [4.69, 9.17) is 0 Å². The molecule has 26 heavy (non-hydrogen) atoms. The van der Waals surface area contributed by atoms with Gasteiger partial charge in [0.25, 0.3) is 0 Å². The third kappa shape index (κ3) is 5.72. The van der Waals surface area contributed by atoms with Crippen molar-refractivity contribution in [2.75, 3.05) is 27.2 Å². The van der Waals surface area contributed by atoms with Gasteiger partial charge in [0.05, 0.1) is 12.7 Å². The summed E-state index contributed by atoms with van der Waals surface area (Å²) in [7, 11) is 3.22. The molecule has 8 heteroatoms. The lowest BCUT2D eigenvalue weighted by atomic mass is 10.0. The molecule has 0 aliphatic carbocycles. The van der Waals surface area contributed by atoms with Crippen LogP contribution in [0.25, 0.3) is 0 Å². The Labute approximate surface area is 150 Å². The lowest BCUT2D eigenvalue weighted by Gasteiger charge is -2.37. The van der Waals surface area contributed by atoms with Crippen molar-refractivity contribution in [3.05, 3.63) is 35.4 Å². The zero-order valence-electron chi connectivity index (χ0n) is 14.9. The summed E-state index contributed by atoms with van der Waals surface area (Å²) >= 11 is 0. The summed E-state index contributed by atoms with van der Waals surface area (Å²) < 4.78 is 42.7. The third-order valence-corrected chi connectivity index (χ3v) is 4.53. The molecule has 0 atom stereocenters. The van der Waals surface area contributed by atoms with Crippen LogP contribution < -0.4 is 0 Å². The van der Waals surface area contributed by atoms with Gasteiger partial charge in [0.2, 0.25) is 5.91 Å². The number of rotatable bonds is 5. The van der Waals surface area contributed by atoms with Crippen molar-refractivity contribution in [1.82, 2.24) is 9.80 Å². The predicted octanol–water partition coefficient (Wildman–Crippen LogP) is 2.85. The first-order chi connectivity index (χ1) is 12.2. The summed E-state index contributed by atoms with van der Waals surface area (Å²) in [6.45, 7) is 1.56. The highest BCUT2D eigenvalue weighted by atomic mass is 19.4. The molecule has 1 amide bonds. The highest BCUT2D eigenvalue weighted by Gasteiger charge is 2.36. The van der Waals surface area contributed by atoms with Crippen molar-refractivity contribution in [1.29, 1.82) is 0 Å². The van der Waals surface area contributed by atoms with Crippen LogP contribution in [0.3, 0.4) is 0 Å². The molecule has 0 bridgehead atoms. The number of piperidine rings is 1. The average molecular weight is 372 g/mol. The summed E-state index contributed by atoms with van der Waals surface area (Å²) in [4.78, 5) is 27.2. The fourth-order valence-electron chi connectivity index (χ4n) is 3.06. The van der Waals surface area contributed by atoms with E-state index in [0.717, 1.165) is 13.1 Å². The van der Waals surface area contributed by atoms with Gasteiger partial charge in [-0.15, -0.1) is 0 Å².